The van der Waals surface area contributed by atoms with Gasteiger partial charge in [-0.15, -0.1) is 0 Å². The van der Waals surface area contributed by atoms with Crippen LogP contribution in [0.5, 0.6) is 0 Å². The lowest BCUT2D eigenvalue weighted by atomic mass is 10.1. The third-order valence-corrected chi connectivity index (χ3v) is 1.88. The van der Waals surface area contributed by atoms with Crippen LogP contribution in [0.25, 0.3) is 0 Å². The minimum atomic E-state index is -0.123. The lowest BCUT2D eigenvalue weighted by Crippen LogP contribution is -2.26. The Kier molecular flexibility index (Phi) is 2.55. The zero-order valence-corrected chi connectivity index (χ0v) is 7.63. The van der Waals surface area contributed by atoms with Crippen LogP contribution in [0.1, 0.15) is 40.0 Å². The number of aliphatic hydroxyl groups excluding tert-OH is 1. The van der Waals surface area contributed by atoms with Gasteiger partial charge in [0.25, 0.3) is 0 Å². The normalized spacial score (nSPS) is 32.7. The van der Waals surface area contributed by atoms with Crippen LogP contribution in [0.15, 0.2) is 0 Å². The van der Waals surface area contributed by atoms with Gasteiger partial charge in [-0.1, -0.05) is 0 Å². The lowest BCUT2D eigenvalue weighted by Gasteiger charge is -2.24. The highest BCUT2D eigenvalue weighted by atomic mass is 16.5. The van der Waals surface area contributed by atoms with E-state index in [1.54, 1.807) is 0 Å². The molecule has 1 rings (SSSR count). The second kappa shape index (κ2) is 3.11. The average molecular weight is 158 g/mol. The van der Waals surface area contributed by atoms with Crippen molar-refractivity contribution < 1.29 is 9.84 Å². The van der Waals surface area contributed by atoms with Crippen LogP contribution in [-0.2, 0) is 4.74 Å². The van der Waals surface area contributed by atoms with Gasteiger partial charge in [0, 0.05) is 0 Å². The zero-order valence-electron chi connectivity index (χ0n) is 7.63. The van der Waals surface area contributed by atoms with E-state index in [9.17, 15) is 5.11 Å². The molecule has 1 saturated carbocycles. The highest BCUT2D eigenvalue weighted by Gasteiger charge is 2.26. The van der Waals surface area contributed by atoms with E-state index in [0.29, 0.717) is 0 Å². The fraction of sp³-hybridized carbons (Fsp3) is 1.00. The fourth-order valence-corrected chi connectivity index (χ4v) is 1.52. The van der Waals surface area contributed by atoms with Crippen molar-refractivity contribution in [3.8, 4) is 0 Å². The van der Waals surface area contributed by atoms with Gasteiger partial charge in [0.2, 0.25) is 0 Å². The summed E-state index contributed by atoms with van der Waals surface area (Å²) in [6.07, 6.45) is 2.89. The first-order valence-corrected chi connectivity index (χ1v) is 4.33. The summed E-state index contributed by atoms with van der Waals surface area (Å²) in [6.45, 7) is 6.16. The van der Waals surface area contributed by atoms with Gasteiger partial charge in [-0.2, -0.15) is 0 Å². The van der Waals surface area contributed by atoms with Crippen molar-refractivity contribution in [3.05, 3.63) is 0 Å². The smallest absolute Gasteiger partial charge is 0.0607 e. The summed E-state index contributed by atoms with van der Waals surface area (Å²) in [5.41, 5.74) is -0.0608. The predicted molar refractivity (Wildman–Crippen MR) is 44.5 cm³/mol. The molecule has 0 radical (unpaired) electrons. The summed E-state index contributed by atoms with van der Waals surface area (Å²) in [6, 6.07) is 0. The Labute approximate surface area is 68.6 Å². The number of ether oxygens (including phenoxy) is 1. The second-order valence-electron chi connectivity index (χ2n) is 4.32. The Balaban J connectivity index is 2.29. The summed E-state index contributed by atoms with van der Waals surface area (Å²) < 4.78 is 5.71. The van der Waals surface area contributed by atoms with Crippen molar-refractivity contribution in [2.75, 3.05) is 0 Å². The topological polar surface area (TPSA) is 29.5 Å². The molecular weight excluding hydrogens is 140 g/mol. The van der Waals surface area contributed by atoms with Crippen molar-refractivity contribution in [1.29, 1.82) is 0 Å². The van der Waals surface area contributed by atoms with Gasteiger partial charge in [-0.05, 0) is 40.0 Å². The van der Waals surface area contributed by atoms with Crippen molar-refractivity contribution in [2.45, 2.75) is 57.8 Å². The van der Waals surface area contributed by atoms with E-state index in [2.05, 4.69) is 20.8 Å². The van der Waals surface area contributed by atoms with Gasteiger partial charge in [-0.25, -0.2) is 0 Å². The molecule has 0 aliphatic heterocycles. The van der Waals surface area contributed by atoms with Crippen molar-refractivity contribution in [1.82, 2.24) is 0 Å². The Morgan fingerprint density at radius 3 is 2.27 bits per heavy atom. The standard InChI is InChI=1S/C9H18O2/c1-9(2,3)11-8-5-4-7(10)6-8/h7-8,10H,4-6H2,1-3H3/t7-,8+/m1/s1. The van der Waals surface area contributed by atoms with E-state index >= 15 is 0 Å². The Hall–Kier alpha value is -0.0800. The van der Waals surface area contributed by atoms with Crippen LogP contribution in [0.3, 0.4) is 0 Å². The molecule has 2 nitrogen and oxygen atoms in total. The molecule has 1 aliphatic rings. The van der Waals surface area contributed by atoms with Crippen LogP contribution in [0.4, 0.5) is 0 Å². The minimum Gasteiger partial charge on any atom is -0.393 e. The molecule has 0 amide bonds. The predicted octanol–water partition coefficient (Wildman–Crippen LogP) is 1.71. The highest BCUT2D eigenvalue weighted by Crippen LogP contribution is 2.25. The molecular formula is C9H18O2. The molecule has 0 saturated heterocycles. The summed E-state index contributed by atoms with van der Waals surface area (Å²) >= 11 is 0. The molecule has 66 valence electrons. The first-order valence-electron chi connectivity index (χ1n) is 4.33. The molecule has 1 aliphatic carbocycles. The maximum Gasteiger partial charge on any atom is 0.0607 e. The number of rotatable bonds is 1. The molecule has 0 aromatic carbocycles. The highest BCUT2D eigenvalue weighted by molar-refractivity contribution is 4.77. The molecule has 1 N–H and O–H groups in total. The molecule has 0 unspecified atom stereocenters. The first-order chi connectivity index (χ1) is 4.97. The molecule has 0 bridgehead atoms. The van der Waals surface area contributed by atoms with Crippen LogP contribution in [0, 0.1) is 0 Å². The van der Waals surface area contributed by atoms with Gasteiger partial charge in [0.15, 0.2) is 0 Å². The van der Waals surface area contributed by atoms with Gasteiger partial charge in [0.05, 0.1) is 17.8 Å². The third kappa shape index (κ3) is 3.21. The van der Waals surface area contributed by atoms with Crippen LogP contribution in [0.2, 0.25) is 0 Å². The SMILES string of the molecule is CC(C)(C)O[C@H]1CC[C@@H](O)C1. The molecule has 0 aromatic rings. The number of hydrogen-bond acceptors (Lipinski definition) is 2. The Bertz CT molecular complexity index is 126. The molecule has 2 heteroatoms. The van der Waals surface area contributed by atoms with E-state index in [0.717, 1.165) is 19.3 Å². The first kappa shape index (κ1) is 9.01. The Morgan fingerprint density at radius 1 is 1.27 bits per heavy atom. The number of hydrogen-bond donors (Lipinski definition) is 1. The van der Waals surface area contributed by atoms with E-state index < -0.39 is 0 Å². The van der Waals surface area contributed by atoms with E-state index in [4.69, 9.17) is 4.74 Å². The monoisotopic (exact) mass is 158 g/mol. The summed E-state index contributed by atoms with van der Waals surface area (Å²) in [4.78, 5) is 0. The second-order valence-corrected chi connectivity index (χ2v) is 4.32. The summed E-state index contributed by atoms with van der Waals surface area (Å²) in [5, 5.41) is 9.22. The van der Waals surface area contributed by atoms with Gasteiger partial charge in [0.1, 0.15) is 0 Å². The molecule has 11 heavy (non-hydrogen) atoms. The van der Waals surface area contributed by atoms with Crippen LogP contribution < -0.4 is 0 Å². The van der Waals surface area contributed by atoms with E-state index in [-0.39, 0.29) is 17.8 Å². The molecule has 2 atom stereocenters. The Morgan fingerprint density at radius 2 is 1.91 bits per heavy atom. The number of aliphatic hydroxyl groups is 1. The fourth-order valence-electron chi connectivity index (χ4n) is 1.52. The summed E-state index contributed by atoms with van der Waals surface area (Å²) in [7, 11) is 0. The van der Waals surface area contributed by atoms with Crippen molar-refractivity contribution in [2.24, 2.45) is 0 Å². The quantitative estimate of drug-likeness (QED) is 0.629. The molecule has 0 aromatic heterocycles. The van der Waals surface area contributed by atoms with Gasteiger partial charge < -0.3 is 9.84 Å². The largest absolute Gasteiger partial charge is 0.393 e. The third-order valence-electron chi connectivity index (χ3n) is 1.88. The van der Waals surface area contributed by atoms with Crippen molar-refractivity contribution >= 4 is 0 Å². The van der Waals surface area contributed by atoms with Crippen LogP contribution in [-0.4, -0.2) is 22.9 Å². The van der Waals surface area contributed by atoms with Crippen LogP contribution >= 0.6 is 0 Å². The van der Waals surface area contributed by atoms with Gasteiger partial charge in [-0.3, -0.25) is 0 Å². The average Bonchev–Trinajstić information content (AvgIpc) is 2.10. The maximum absolute atomic E-state index is 9.22. The lowest BCUT2D eigenvalue weighted by molar-refractivity contribution is -0.0597. The molecule has 0 heterocycles. The van der Waals surface area contributed by atoms with Gasteiger partial charge >= 0.3 is 0 Å². The summed E-state index contributed by atoms with van der Waals surface area (Å²) in [5.74, 6) is 0. The van der Waals surface area contributed by atoms with E-state index in [1.165, 1.54) is 0 Å². The minimum absolute atomic E-state index is 0.0608. The zero-order chi connectivity index (χ0) is 8.48. The maximum atomic E-state index is 9.22. The van der Waals surface area contributed by atoms with Crippen molar-refractivity contribution in [3.63, 3.8) is 0 Å². The molecule has 1 fully saturated rings. The molecule has 0 spiro atoms. The van der Waals surface area contributed by atoms with E-state index in [1.807, 2.05) is 0 Å².